The average molecular weight is 224 g/mol. The summed E-state index contributed by atoms with van der Waals surface area (Å²) in [4.78, 5) is 0. The summed E-state index contributed by atoms with van der Waals surface area (Å²) in [7, 11) is 0. The molecule has 0 saturated carbocycles. The Morgan fingerprint density at radius 3 is 2.59 bits per heavy atom. The van der Waals surface area contributed by atoms with E-state index in [4.69, 9.17) is 0 Å². The summed E-state index contributed by atoms with van der Waals surface area (Å²) in [5.41, 5.74) is 5.96. The molecule has 0 spiro atoms. The van der Waals surface area contributed by atoms with E-state index >= 15 is 0 Å². The van der Waals surface area contributed by atoms with Crippen molar-refractivity contribution in [2.75, 3.05) is 0 Å². The van der Waals surface area contributed by atoms with Gasteiger partial charge in [0.05, 0.1) is 0 Å². The third-order valence-corrected chi connectivity index (χ3v) is 3.35. The maximum atomic E-state index is 2.30. The van der Waals surface area contributed by atoms with Crippen LogP contribution in [0.25, 0.3) is 5.57 Å². The van der Waals surface area contributed by atoms with Crippen LogP contribution in [0.5, 0.6) is 0 Å². The highest BCUT2D eigenvalue weighted by Crippen LogP contribution is 2.45. The van der Waals surface area contributed by atoms with Gasteiger partial charge in [-0.3, -0.25) is 0 Å². The summed E-state index contributed by atoms with van der Waals surface area (Å²) in [6.07, 6.45) is 10.00. The van der Waals surface area contributed by atoms with Gasteiger partial charge in [-0.1, -0.05) is 69.3 Å². The van der Waals surface area contributed by atoms with Gasteiger partial charge >= 0.3 is 0 Å². The summed E-state index contributed by atoms with van der Waals surface area (Å²) < 4.78 is 0. The second-order valence-corrected chi connectivity index (χ2v) is 4.10. The lowest BCUT2D eigenvalue weighted by Crippen LogP contribution is -1.95. The zero-order chi connectivity index (χ0) is 12.3. The lowest BCUT2D eigenvalue weighted by atomic mass is 9.92. The Kier molecular flexibility index (Phi) is 3.63. The van der Waals surface area contributed by atoms with Gasteiger partial charge in [-0.15, -0.1) is 0 Å². The number of benzene rings is 1. The van der Waals surface area contributed by atoms with Crippen molar-refractivity contribution in [3.8, 4) is 0 Å². The second-order valence-electron chi connectivity index (χ2n) is 4.10. The van der Waals surface area contributed by atoms with Crippen molar-refractivity contribution in [3.05, 3.63) is 65.3 Å². The lowest BCUT2D eigenvalue weighted by Gasteiger charge is -2.11. The van der Waals surface area contributed by atoms with Crippen molar-refractivity contribution in [1.29, 1.82) is 0 Å². The third kappa shape index (κ3) is 1.88. The maximum Gasteiger partial charge on any atom is 0.0281 e. The van der Waals surface area contributed by atoms with Gasteiger partial charge in [0, 0.05) is 5.92 Å². The Hall–Kier alpha value is -1.56. The Bertz CT molecular complexity index is 487. The molecule has 1 aromatic rings. The standard InChI is InChI=1S/C15H14.C2H6/c1-2-11-12-7-3-5-9-14(12)15-10-6-4-8-13(11)15;1-2/h3-10,14H,2H2,1H3;1-2H3. The average Bonchev–Trinajstić information content (AvgIpc) is 2.75. The first-order chi connectivity index (χ1) is 8.42. The van der Waals surface area contributed by atoms with E-state index in [0.717, 1.165) is 6.42 Å². The molecule has 1 atom stereocenters. The Morgan fingerprint density at radius 1 is 1.06 bits per heavy atom. The van der Waals surface area contributed by atoms with E-state index in [1.807, 2.05) is 13.8 Å². The van der Waals surface area contributed by atoms with E-state index in [1.54, 1.807) is 0 Å². The fourth-order valence-electron chi connectivity index (χ4n) is 2.69. The van der Waals surface area contributed by atoms with Crippen LogP contribution in [-0.2, 0) is 0 Å². The van der Waals surface area contributed by atoms with E-state index in [2.05, 4.69) is 55.5 Å². The van der Waals surface area contributed by atoms with Gasteiger partial charge in [-0.2, -0.15) is 0 Å². The molecule has 17 heavy (non-hydrogen) atoms. The summed E-state index contributed by atoms with van der Waals surface area (Å²) >= 11 is 0. The molecule has 0 aliphatic heterocycles. The number of allylic oxidation sites excluding steroid dienone is 6. The van der Waals surface area contributed by atoms with Gasteiger partial charge < -0.3 is 0 Å². The first-order valence-corrected chi connectivity index (χ1v) is 6.59. The molecule has 1 aromatic carbocycles. The molecule has 88 valence electrons. The van der Waals surface area contributed by atoms with Crippen LogP contribution in [-0.4, -0.2) is 0 Å². The van der Waals surface area contributed by atoms with E-state index < -0.39 is 0 Å². The van der Waals surface area contributed by atoms with Crippen molar-refractivity contribution >= 4 is 5.57 Å². The fourth-order valence-corrected chi connectivity index (χ4v) is 2.69. The van der Waals surface area contributed by atoms with Gasteiger partial charge in [-0.05, 0) is 28.7 Å². The number of rotatable bonds is 1. The Morgan fingerprint density at radius 2 is 1.82 bits per heavy atom. The molecule has 0 heterocycles. The largest absolute Gasteiger partial charge is 0.0726 e. The molecule has 2 aliphatic rings. The summed E-state index contributed by atoms with van der Waals surface area (Å²) in [6, 6.07) is 8.79. The first kappa shape index (κ1) is 11.9. The molecule has 0 bridgehead atoms. The van der Waals surface area contributed by atoms with Crippen LogP contribution in [0.3, 0.4) is 0 Å². The quantitative estimate of drug-likeness (QED) is 0.622. The van der Waals surface area contributed by atoms with Crippen molar-refractivity contribution in [3.63, 3.8) is 0 Å². The third-order valence-electron chi connectivity index (χ3n) is 3.35. The molecule has 0 aromatic heterocycles. The number of hydrogen-bond acceptors (Lipinski definition) is 0. The van der Waals surface area contributed by atoms with Crippen LogP contribution in [0.15, 0.2) is 54.1 Å². The smallest absolute Gasteiger partial charge is 0.0281 e. The number of fused-ring (bicyclic) bond motifs is 3. The minimum atomic E-state index is 0.515. The topological polar surface area (TPSA) is 0 Å². The summed E-state index contributed by atoms with van der Waals surface area (Å²) in [6.45, 7) is 6.24. The molecule has 0 saturated heterocycles. The van der Waals surface area contributed by atoms with Crippen LogP contribution < -0.4 is 0 Å². The summed E-state index contributed by atoms with van der Waals surface area (Å²) in [5.74, 6) is 0.515. The zero-order valence-corrected chi connectivity index (χ0v) is 10.9. The molecule has 0 N–H and O–H groups in total. The minimum Gasteiger partial charge on any atom is -0.0726 e. The van der Waals surface area contributed by atoms with Gasteiger partial charge in [0.15, 0.2) is 0 Å². The molecular formula is C17H20. The SMILES string of the molecule is CC.CCC1=C2C=CC=CC2c2ccccc21. The molecule has 0 nitrogen and oxygen atoms in total. The van der Waals surface area contributed by atoms with Crippen molar-refractivity contribution in [1.82, 2.24) is 0 Å². The highest BCUT2D eigenvalue weighted by molar-refractivity contribution is 5.81. The van der Waals surface area contributed by atoms with Crippen molar-refractivity contribution < 1.29 is 0 Å². The summed E-state index contributed by atoms with van der Waals surface area (Å²) in [5, 5.41) is 0. The zero-order valence-electron chi connectivity index (χ0n) is 10.9. The first-order valence-electron chi connectivity index (χ1n) is 6.59. The maximum absolute atomic E-state index is 2.30. The van der Waals surface area contributed by atoms with E-state index in [1.165, 1.54) is 22.3 Å². The monoisotopic (exact) mass is 224 g/mol. The molecular weight excluding hydrogens is 204 g/mol. The van der Waals surface area contributed by atoms with Gasteiger partial charge in [0.25, 0.3) is 0 Å². The normalized spacial score (nSPS) is 19.6. The Balaban J connectivity index is 0.000000514. The van der Waals surface area contributed by atoms with Crippen molar-refractivity contribution in [2.24, 2.45) is 0 Å². The molecule has 0 fully saturated rings. The van der Waals surface area contributed by atoms with Crippen LogP contribution >= 0.6 is 0 Å². The minimum absolute atomic E-state index is 0.515. The highest BCUT2D eigenvalue weighted by atomic mass is 14.3. The highest BCUT2D eigenvalue weighted by Gasteiger charge is 2.27. The van der Waals surface area contributed by atoms with Crippen LogP contribution in [0, 0.1) is 0 Å². The molecule has 1 unspecified atom stereocenters. The molecule has 3 rings (SSSR count). The Labute approximate surface area is 104 Å². The van der Waals surface area contributed by atoms with Gasteiger partial charge in [0.1, 0.15) is 0 Å². The fraction of sp³-hybridized carbons (Fsp3) is 0.294. The van der Waals surface area contributed by atoms with Crippen molar-refractivity contribution in [2.45, 2.75) is 33.1 Å². The predicted octanol–water partition coefficient (Wildman–Crippen LogP) is 5.10. The van der Waals surface area contributed by atoms with E-state index in [9.17, 15) is 0 Å². The molecule has 0 heteroatoms. The molecule has 0 amide bonds. The van der Waals surface area contributed by atoms with Crippen LogP contribution in [0.2, 0.25) is 0 Å². The van der Waals surface area contributed by atoms with Crippen LogP contribution in [0.1, 0.15) is 44.2 Å². The van der Waals surface area contributed by atoms with Gasteiger partial charge in [0.2, 0.25) is 0 Å². The van der Waals surface area contributed by atoms with E-state index in [0.29, 0.717) is 5.92 Å². The predicted molar refractivity (Wildman–Crippen MR) is 76.0 cm³/mol. The lowest BCUT2D eigenvalue weighted by molar-refractivity contribution is 1.05. The van der Waals surface area contributed by atoms with Gasteiger partial charge in [-0.25, -0.2) is 0 Å². The molecule has 0 radical (unpaired) electrons. The second kappa shape index (κ2) is 5.18. The van der Waals surface area contributed by atoms with Crippen LogP contribution in [0.4, 0.5) is 0 Å². The molecule has 2 aliphatic carbocycles. The number of hydrogen-bond donors (Lipinski definition) is 0. The van der Waals surface area contributed by atoms with E-state index in [-0.39, 0.29) is 0 Å².